The zero-order valence-corrected chi connectivity index (χ0v) is 9.89. The molecular weight excluding hydrogens is 196 g/mol. The van der Waals surface area contributed by atoms with E-state index >= 15 is 0 Å². The van der Waals surface area contributed by atoms with Crippen LogP contribution in [-0.4, -0.2) is 28.4 Å². The Hall–Kier alpha value is -0.840. The number of aromatic amines is 1. The van der Waals surface area contributed by atoms with Gasteiger partial charge in [0.05, 0.1) is 0 Å². The SMILES string of the molecule is CCCN(C)c1n[nH]c(=S)n1CCC. The van der Waals surface area contributed by atoms with Crippen LogP contribution < -0.4 is 4.90 Å². The first-order valence-corrected chi connectivity index (χ1v) is 5.47. The van der Waals surface area contributed by atoms with Crippen molar-refractivity contribution in [3.05, 3.63) is 4.77 Å². The first-order chi connectivity index (χ1) is 6.70. The van der Waals surface area contributed by atoms with E-state index in [1.165, 1.54) is 0 Å². The Bertz CT molecular complexity index is 328. The number of nitrogens with zero attached hydrogens (tertiary/aromatic N) is 3. The molecule has 1 aromatic rings. The number of hydrogen-bond donors (Lipinski definition) is 1. The van der Waals surface area contributed by atoms with Crippen molar-refractivity contribution in [2.45, 2.75) is 33.2 Å². The van der Waals surface area contributed by atoms with Crippen molar-refractivity contribution in [1.29, 1.82) is 0 Å². The summed E-state index contributed by atoms with van der Waals surface area (Å²) in [6.07, 6.45) is 2.18. The van der Waals surface area contributed by atoms with Crippen molar-refractivity contribution in [2.24, 2.45) is 0 Å². The summed E-state index contributed by atoms with van der Waals surface area (Å²) >= 11 is 5.16. The molecule has 1 heterocycles. The van der Waals surface area contributed by atoms with Gasteiger partial charge < -0.3 is 4.90 Å². The average molecular weight is 214 g/mol. The molecule has 0 unspecified atom stereocenters. The minimum Gasteiger partial charge on any atom is -0.344 e. The predicted molar refractivity (Wildman–Crippen MR) is 61.3 cm³/mol. The number of nitrogens with one attached hydrogen (secondary N) is 1. The molecular formula is C9H18N4S. The number of hydrogen-bond acceptors (Lipinski definition) is 3. The molecule has 0 saturated carbocycles. The van der Waals surface area contributed by atoms with Gasteiger partial charge in [-0.15, -0.1) is 5.10 Å². The van der Waals surface area contributed by atoms with Gasteiger partial charge in [-0.2, -0.15) is 0 Å². The molecule has 0 saturated heterocycles. The third-order valence-corrected chi connectivity index (χ3v) is 2.40. The van der Waals surface area contributed by atoms with Crippen LogP contribution in [0.3, 0.4) is 0 Å². The summed E-state index contributed by atoms with van der Waals surface area (Å²) in [5, 5.41) is 7.06. The van der Waals surface area contributed by atoms with Crippen LogP contribution in [-0.2, 0) is 6.54 Å². The minimum atomic E-state index is 0.713. The topological polar surface area (TPSA) is 36.9 Å². The molecule has 0 aliphatic heterocycles. The van der Waals surface area contributed by atoms with Crippen molar-refractivity contribution in [1.82, 2.24) is 14.8 Å². The first kappa shape index (κ1) is 11.2. The molecule has 1 rings (SSSR count). The fourth-order valence-corrected chi connectivity index (χ4v) is 1.68. The van der Waals surface area contributed by atoms with Gasteiger partial charge in [0.2, 0.25) is 5.95 Å². The normalized spacial score (nSPS) is 10.5. The molecule has 1 aromatic heterocycles. The molecule has 80 valence electrons. The molecule has 0 aliphatic carbocycles. The number of anilines is 1. The Morgan fingerprint density at radius 2 is 2.14 bits per heavy atom. The highest BCUT2D eigenvalue weighted by atomic mass is 32.1. The maximum atomic E-state index is 5.16. The highest BCUT2D eigenvalue weighted by Gasteiger charge is 2.08. The summed E-state index contributed by atoms with van der Waals surface area (Å²) < 4.78 is 2.76. The second kappa shape index (κ2) is 5.14. The monoisotopic (exact) mass is 214 g/mol. The van der Waals surface area contributed by atoms with E-state index < -0.39 is 0 Å². The van der Waals surface area contributed by atoms with E-state index in [4.69, 9.17) is 12.2 Å². The molecule has 0 aliphatic rings. The Labute approximate surface area is 89.9 Å². The quantitative estimate of drug-likeness (QED) is 0.763. The van der Waals surface area contributed by atoms with E-state index in [0.717, 1.165) is 31.9 Å². The maximum Gasteiger partial charge on any atom is 0.225 e. The van der Waals surface area contributed by atoms with Crippen molar-refractivity contribution in [3.8, 4) is 0 Å². The first-order valence-electron chi connectivity index (χ1n) is 5.07. The van der Waals surface area contributed by atoms with Crippen LogP contribution in [0.25, 0.3) is 0 Å². The molecule has 1 N–H and O–H groups in total. The number of aromatic nitrogens is 3. The maximum absolute atomic E-state index is 5.16. The zero-order valence-electron chi connectivity index (χ0n) is 9.08. The van der Waals surface area contributed by atoms with Gasteiger partial charge in [0.1, 0.15) is 0 Å². The van der Waals surface area contributed by atoms with Gasteiger partial charge in [-0.1, -0.05) is 13.8 Å². The smallest absolute Gasteiger partial charge is 0.225 e. The summed E-state index contributed by atoms with van der Waals surface area (Å²) in [6.45, 7) is 6.22. The van der Waals surface area contributed by atoms with Crippen LogP contribution in [0.2, 0.25) is 0 Å². The fraction of sp³-hybridized carbons (Fsp3) is 0.778. The van der Waals surface area contributed by atoms with Crippen LogP contribution in [0, 0.1) is 4.77 Å². The predicted octanol–water partition coefficient (Wildman–Crippen LogP) is 2.20. The lowest BCUT2D eigenvalue weighted by Gasteiger charge is -2.17. The largest absolute Gasteiger partial charge is 0.344 e. The summed E-state index contributed by atoms with van der Waals surface area (Å²) in [6, 6.07) is 0. The van der Waals surface area contributed by atoms with E-state index in [2.05, 4.69) is 28.9 Å². The van der Waals surface area contributed by atoms with Crippen LogP contribution in [0.4, 0.5) is 5.95 Å². The summed E-state index contributed by atoms with van der Waals surface area (Å²) in [5.74, 6) is 0.943. The summed E-state index contributed by atoms with van der Waals surface area (Å²) in [4.78, 5) is 2.13. The van der Waals surface area contributed by atoms with Gasteiger partial charge in [0.15, 0.2) is 4.77 Å². The fourth-order valence-electron chi connectivity index (χ4n) is 1.46. The van der Waals surface area contributed by atoms with E-state index in [0.29, 0.717) is 4.77 Å². The molecule has 0 amide bonds. The standard InChI is InChI=1S/C9H18N4S/c1-4-6-12(3)8-10-11-9(14)13(8)7-5-2/h4-7H2,1-3H3,(H,11,14). The molecule has 0 bridgehead atoms. The van der Waals surface area contributed by atoms with Crippen molar-refractivity contribution >= 4 is 18.2 Å². The molecule has 4 nitrogen and oxygen atoms in total. The Kier molecular flexibility index (Phi) is 4.13. The lowest BCUT2D eigenvalue weighted by molar-refractivity contribution is 0.652. The van der Waals surface area contributed by atoms with Crippen LogP contribution >= 0.6 is 12.2 Å². The van der Waals surface area contributed by atoms with Gasteiger partial charge >= 0.3 is 0 Å². The zero-order chi connectivity index (χ0) is 10.6. The second-order valence-corrected chi connectivity index (χ2v) is 3.79. The van der Waals surface area contributed by atoms with Crippen LogP contribution in [0.15, 0.2) is 0 Å². The highest BCUT2D eigenvalue weighted by molar-refractivity contribution is 7.71. The number of H-pyrrole nitrogens is 1. The van der Waals surface area contributed by atoms with E-state index in [9.17, 15) is 0 Å². The Morgan fingerprint density at radius 3 is 2.71 bits per heavy atom. The van der Waals surface area contributed by atoms with Crippen molar-refractivity contribution in [2.75, 3.05) is 18.5 Å². The van der Waals surface area contributed by atoms with E-state index in [1.54, 1.807) is 0 Å². The molecule has 14 heavy (non-hydrogen) atoms. The second-order valence-electron chi connectivity index (χ2n) is 3.40. The molecule has 0 fully saturated rings. The van der Waals surface area contributed by atoms with Crippen LogP contribution in [0.1, 0.15) is 26.7 Å². The van der Waals surface area contributed by atoms with Gasteiger partial charge in [0.25, 0.3) is 0 Å². The Morgan fingerprint density at radius 1 is 1.43 bits per heavy atom. The average Bonchev–Trinajstić information content (AvgIpc) is 2.50. The molecule has 0 spiro atoms. The summed E-state index contributed by atoms with van der Waals surface area (Å²) in [7, 11) is 2.04. The summed E-state index contributed by atoms with van der Waals surface area (Å²) in [5.41, 5.74) is 0. The van der Waals surface area contributed by atoms with Gasteiger partial charge in [-0.25, -0.2) is 5.10 Å². The highest BCUT2D eigenvalue weighted by Crippen LogP contribution is 2.10. The third kappa shape index (κ3) is 2.35. The van der Waals surface area contributed by atoms with Gasteiger partial charge in [-0.05, 0) is 25.1 Å². The van der Waals surface area contributed by atoms with Crippen LogP contribution in [0.5, 0.6) is 0 Å². The van der Waals surface area contributed by atoms with Crippen molar-refractivity contribution in [3.63, 3.8) is 0 Å². The number of rotatable bonds is 5. The molecule has 0 atom stereocenters. The third-order valence-electron chi connectivity index (χ3n) is 2.09. The van der Waals surface area contributed by atoms with E-state index in [1.807, 2.05) is 11.6 Å². The van der Waals surface area contributed by atoms with Gasteiger partial charge in [0, 0.05) is 20.1 Å². The molecule has 5 heteroatoms. The minimum absolute atomic E-state index is 0.713. The van der Waals surface area contributed by atoms with Crippen molar-refractivity contribution < 1.29 is 0 Å². The molecule has 0 radical (unpaired) electrons. The van der Waals surface area contributed by atoms with Gasteiger partial charge in [-0.3, -0.25) is 4.57 Å². The lowest BCUT2D eigenvalue weighted by atomic mass is 10.4. The Balaban J connectivity index is 2.90. The molecule has 0 aromatic carbocycles. The van der Waals surface area contributed by atoms with E-state index in [-0.39, 0.29) is 0 Å². The lowest BCUT2D eigenvalue weighted by Crippen LogP contribution is -2.22.